The van der Waals surface area contributed by atoms with Gasteiger partial charge in [-0.25, -0.2) is 18.1 Å². The minimum atomic E-state index is -3.55. The molecule has 1 aliphatic heterocycles. The zero-order chi connectivity index (χ0) is 21.6. The van der Waals surface area contributed by atoms with Gasteiger partial charge in [0.1, 0.15) is 0 Å². The number of rotatable bonds is 11. The number of nitrogens with zero attached hydrogens (tertiary/aromatic N) is 3. The van der Waals surface area contributed by atoms with E-state index in [1.165, 1.54) is 11.8 Å². The number of aromatic nitrogens is 2. The quantitative estimate of drug-likeness (QED) is 0.416. The highest BCUT2D eigenvalue weighted by Crippen LogP contribution is 2.27. The standard InChI is InChI=1S/C21H32N4O3S2/c1-3-5-11-22-30(27,28)17-9-10-18-19(15-17)25(14-6-4-2)21(23-18)29-16-20(26)24-12-7-8-13-24/h9-10,15,22H,3-8,11-14,16H2,1-2H3. The summed E-state index contributed by atoms with van der Waals surface area (Å²) in [6, 6.07) is 5.08. The Bertz CT molecular complexity index is 966. The topological polar surface area (TPSA) is 84.3 Å². The van der Waals surface area contributed by atoms with Gasteiger partial charge in [0.25, 0.3) is 0 Å². The van der Waals surface area contributed by atoms with E-state index < -0.39 is 10.0 Å². The van der Waals surface area contributed by atoms with Gasteiger partial charge in [0.15, 0.2) is 5.16 Å². The molecular formula is C21H32N4O3S2. The third kappa shape index (κ3) is 5.56. The molecule has 166 valence electrons. The molecule has 0 radical (unpaired) electrons. The van der Waals surface area contributed by atoms with Crippen molar-refractivity contribution in [3.05, 3.63) is 18.2 Å². The average molecular weight is 453 g/mol. The van der Waals surface area contributed by atoms with Crippen molar-refractivity contribution in [2.75, 3.05) is 25.4 Å². The second kappa shape index (κ2) is 10.6. The highest BCUT2D eigenvalue weighted by molar-refractivity contribution is 7.99. The Labute approximate surface area is 183 Å². The number of imidazole rings is 1. The normalized spacial score (nSPS) is 14.7. The van der Waals surface area contributed by atoms with Gasteiger partial charge in [0.2, 0.25) is 15.9 Å². The molecule has 1 saturated heterocycles. The Morgan fingerprint density at radius 3 is 2.60 bits per heavy atom. The number of aryl methyl sites for hydroxylation is 1. The molecule has 3 rings (SSSR count). The van der Waals surface area contributed by atoms with E-state index in [1.807, 2.05) is 11.8 Å². The molecule has 1 aliphatic rings. The molecule has 0 aliphatic carbocycles. The average Bonchev–Trinajstić information content (AvgIpc) is 3.38. The number of carbonyl (C=O) groups is 1. The van der Waals surface area contributed by atoms with E-state index in [1.54, 1.807) is 18.2 Å². The van der Waals surface area contributed by atoms with Crippen LogP contribution in [0.25, 0.3) is 11.0 Å². The van der Waals surface area contributed by atoms with Crippen molar-refractivity contribution in [3.8, 4) is 0 Å². The summed E-state index contributed by atoms with van der Waals surface area (Å²) >= 11 is 1.44. The number of amides is 1. The lowest BCUT2D eigenvalue weighted by Crippen LogP contribution is -2.29. The van der Waals surface area contributed by atoms with Crippen molar-refractivity contribution in [1.82, 2.24) is 19.2 Å². The summed E-state index contributed by atoms with van der Waals surface area (Å²) in [5.41, 5.74) is 1.56. The van der Waals surface area contributed by atoms with Crippen LogP contribution in [-0.4, -0.2) is 54.2 Å². The van der Waals surface area contributed by atoms with Gasteiger partial charge in [0.05, 0.1) is 21.7 Å². The predicted molar refractivity (Wildman–Crippen MR) is 121 cm³/mol. The van der Waals surface area contributed by atoms with Crippen LogP contribution in [0, 0.1) is 0 Å². The van der Waals surface area contributed by atoms with Crippen LogP contribution in [0.2, 0.25) is 0 Å². The molecule has 0 bridgehead atoms. The van der Waals surface area contributed by atoms with Crippen LogP contribution in [0.15, 0.2) is 28.3 Å². The van der Waals surface area contributed by atoms with Crippen molar-refractivity contribution in [3.63, 3.8) is 0 Å². The van der Waals surface area contributed by atoms with Gasteiger partial charge in [-0.1, -0.05) is 38.5 Å². The van der Waals surface area contributed by atoms with Gasteiger partial charge >= 0.3 is 0 Å². The molecule has 1 N–H and O–H groups in total. The summed E-state index contributed by atoms with van der Waals surface area (Å²) in [5, 5.41) is 0.777. The van der Waals surface area contributed by atoms with E-state index in [0.29, 0.717) is 12.3 Å². The zero-order valence-corrected chi connectivity index (χ0v) is 19.5. The fourth-order valence-electron chi connectivity index (χ4n) is 3.54. The van der Waals surface area contributed by atoms with E-state index in [2.05, 4.69) is 16.2 Å². The van der Waals surface area contributed by atoms with E-state index in [9.17, 15) is 13.2 Å². The van der Waals surface area contributed by atoms with Crippen LogP contribution in [0.5, 0.6) is 0 Å². The number of hydrogen-bond acceptors (Lipinski definition) is 5. The van der Waals surface area contributed by atoms with Crippen LogP contribution in [0.3, 0.4) is 0 Å². The maximum atomic E-state index is 12.6. The largest absolute Gasteiger partial charge is 0.342 e. The van der Waals surface area contributed by atoms with Gasteiger partial charge < -0.3 is 9.47 Å². The molecule has 0 saturated carbocycles. The smallest absolute Gasteiger partial charge is 0.240 e. The number of nitrogens with one attached hydrogen (secondary N) is 1. The van der Waals surface area contributed by atoms with Gasteiger partial charge in [-0.2, -0.15) is 0 Å². The molecule has 9 heteroatoms. The molecule has 1 aromatic heterocycles. The van der Waals surface area contributed by atoms with Crippen LogP contribution < -0.4 is 4.72 Å². The van der Waals surface area contributed by atoms with Gasteiger partial charge in [-0.15, -0.1) is 0 Å². The number of thioether (sulfide) groups is 1. The van der Waals surface area contributed by atoms with Crippen molar-refractivity contribution in [2.45, 2.75) is 69.0 Å². The molecule has 2 heterocycles. The molecule has 0 unspecified atom stereocenters. The van der Waals surface area contributed by atoms with E-state index in [0.717, 1.165) is 74.3 Å². The molecule has 0 spiro atoms. The Morgan fingerprint density at radius 1 is 1.17 bits per heavy atom. The number of benzene rings is 1. The predicted octanol–water partition coefficient (Wildman–Crippen LogP) is 3.63. The van der Waals surface area contributed by atoms with Crippen molar-refractivity contribution in [1.29, 1.82) is 0 Å². The van der Waals surface area contributed by atoms with Crippen LogP contribution in [0.1, 0.15) is 52.4 Å². The second-order valence-corrected chi connectivity index (χ2v) is 10.4. The third-order valence-corrected chi connectivity index (χ3v) is 7.76. The number of hydrogen-bond donors (Lipinski definition) is 1. The fourth-order valence-corrected chi connectivity index (χ4v) is 5.58. The summed E-state index contributed by atoms with van der Waals surface area (Å²) in [5.74, 6) is 0.508. The van der Waals surface area contributed by atoms with Crippen molar-refractivity contribution < 1.29 is 13.2 Å². The lowest BCUT2D eigenvalue weighted by molar-refractivity contribution is -0.127. The Kier molecular flexibility index (Phi) is 8.19. The first-order valence-electron chi connectivity index (χ1n) is 10.9. The molecule has 1 amide bonds. The lowest BCUT2D eigenvalue weighted by Gasteiger charge is -2.15. The van der Waals surface area contributed by atoms with Crippen LogP contribution in [-0.2, 0) is 21.4 Å². The number of likely N-dealkylation sites (tertiary alicyclic amines) is 1. The van der Waals surface area contributed by atoms with E-state index in [-0.39, 0.29) is 10.8 Å². The number of carbonyl (C=O) groups excluding carboxylic acids is 1. The fraction of sp³-hybridized carbons (Fsp3) is 0.619. The first kappa shape index (κ1) is 23.1. The number of sulfonamides is 1. The summed E-state index contributed by atoms with van der Waals surface area (Å²) in [6.07, 6.45) is 5.88. The zero-order valence-electron chi connectivity index (χ0n) is 17.9. The van der Waals surface area contributed by atoms with E-state index in [4.69, 9.17) is 4.98 Å². The van der Waals surface area contributed by atoms with E-state index >= 15 is 0 Å². The maximum absolute atomic E-state index is 12.6. The molecule has 0 atom stereocenters. The second-order valence-electron chi connectivity index (χ2n) is 7.68. The highest BCUT2D eigenvalue weighted by atomic mass is 32.2. The summed E-state index contributed by atoms with van der Waals surface area (Å²) in [4.78, 5) is 19.3. The van der Waals surface area contributed by atoms with Crippen molar-refractivity contribution in [2.24, 2.45) is 0 Å². The minimum absolute atomic E-state index is 0.148. The molecule has 1 fully saturated rings. The van der Waals surface area contributed by atoms with Gasteiger partial charge in [-0.3, -0.25) is 4.79 Å². The molecule has 1 aromatic carbocycles. The summed E-state index contributed by atoms with van der Waals surface area (Å²) < 4.78 is 30.0. The van der Waals surface area contributed by atoms with Crippen LogP contribution in [0.4, 0.5) is 0 Å². The summed E-state index contributed by atoms with van der Waals surface area (Å²) in [7, 11) is -3.55. The first-order valence-corrected chi connectivity index (χ1v) is 13.3. The van der Waals surface area contributed by atoms with Gasteiger partial charge in [-0.05, 0) is 43.9 Å². The van der Waals surface area contributed by atoms with Crippen molar-refractivity contribution >= 4 is 38.7 Å². The first-order chi connectivity index (χ1) is 14.5. The Balaban J connectivity index is 1.84. The number of unbranched alkanes of at least 4 members (excludes halogenated alkanes) is 2. The molecular weight excluding hydrogens is 420 g/mol. The molecule has 30 heavy (non-hydrogen) atoms. The third-order valence-electron chi connectivity index (χ3n) is 5.34. The Hall–Kier alpha value is -1.58. The highest BCUT2D eigenvalue weighted by Gasteiger charge is 2.21. The Morgan fingerprint density at radius 2 is 1.90 bits per heavy atom. The van der Waals surface area contributed by atoms with Gasteiger partial charge in [0, 0.05) is 26.2 Å². The summed E-state index contributed by atoms with van der Waals surface area (Å²) in [6.45, 7) is 7.03. The minimum Gasteiger partial charge on any atom is -0.342 e. The number of fused-ring (bicyclic) bond motifs is 1. The van der Waals surface area contributed by atoms with Crippen LogP contribution >= 0.6 is 11.8 Å². The SMILES string of the molecule is CCCCNS(=O)(=O)c1ccc2nc(SCC(=O)N3CCCC3)n(CCCC)c2c1. The molecule has 2 aromatic rings. The lowest BCUT2D eigenvalue weighted by atomic mass is 10.3. The molecule has 7 nitrogen and oxygen atoms in total. The monoisotopic (exact) mass is 452 g/mol. The maximum Gasteiger partial charge on any atom is 0.240 e.